The minimum absolute atomic E-state index is 0.0220. The second-order valence-corrected chi connectivity index (χ2v) is 8.84. The maximum Gasteiger partial charge on any atom is 0.277 e. The number of ketones is 1. The summed E-state index contributed by atoms with van der Waals surface area (Å²) in [4.78, 5) is 26.8. The van der Waals surface area contributed by atoms with Gasteiger partial charge < -0.3 is 19.5 Å². The molecule has 1 fully saturated rings. The number of nitrogens with zero attached hydrogens (tertiary/aromatic N) is 2. The van der Waals surface area contributed by atoms with Gasteiger partial charge in [0.15, 0.2) is 16.1 Å². The highest BCUT2D eigenvalue weighted by atomic mass is 35.5. The van der Waals surface area contributed by atoms with Crippen LogP contribution in [0.25, 0.3) is 0 Å². The lowest BCUT2D eigenvalue weighted by atomic mass is 10.0. The molecular formula is C18H22ClN3O6S. The predicted octanol–water partition coefficient (Wildman–Crippen LogP) is 1.29. The second kappa shape index (κ2) is 8.31. The number of hydrogen-bond donors (Lipinski definition) is 1. The summed E-state index contributed by atoms with van der Waals surface area (Å²) in [5.41, 5.74) is -0.709. The van der Waals surface area contributed by atoms with Crippen LogP contribution >= 0.6 is 11.6 Å². The van der Waals surface area contributed by atoms with E-state index in [9.17, 15) is 18.0 Å². The molecule has 9 nitrogen and oxygen atoms in total. The van der Waals surface area contributed by atoms with Crippen LogP contribution in [0.4, 0.5) is 5.69 Å². The Morgan fingerprint density at radius 2 is 2.21 bits per heavy atom. The van der Waals surface area contributed by atoms with Crippen molar-refractivity contribution in [3.8, 4) is 0 Å². The molecule has 0 aliphatic carbocycles. The van der Waals surface area contributed by atoms with Gasteiger partial charge in [-0.2, -0.15) is 0 Å². The first kappa shape index (κ1) is 17.7. The Bertz CT molecular complexity index is 1190. The summed E-state index contributed by atoms with van der Waals surface area (Å²) in [6.07, 6.45) is 1.09. The van der Waals surface area contributed by atoms with Crippen molar-refractivity contribution in [2.24, 2.45) is 0 Å². The number of sulfone groups is 1. The molecule has 0 spiro atoms. The topological polar surface area (TPSA) is 111 Å². The standard InChI is InChI=1S/C18H22ClN3O6S/c1-4-22-18(24)12(9-20-22)17(23)11-5-6-13(29(3,25)26)16(15(11)19)21-7-8-28-14(10-21)27-2/h5-6,9,14,20H,4,7-8,10H2,1-3H3/i2D3. The number of aryl methyl sites for hydroxylation is 1. The Labute approximate surface area is 177 Å². The monoisotopic (exact) mass is 446 g/mol. The second-order valence-electron chi connectivity index (χ2n) is 6.48. The number of halogens is 1. The number of methoxy groups -OCH3 is 1. The molecule has 3 rings (SSSR count). The lowest BCUT2D eigenvalue weighted by Gasteiger charge is -2.35. The molecule has 1 unspecified atom stereocenters. The van der Waals surface area contributed by atoms with E-state index in [0.717, 1.165) is 6.26 Å². The zero-order chi connectivity index (χ0) is 23.8. The normalized spacial score (nSPS) is 19.5. The molecule has 0 saturated carbocycles. The van der Waals surface area contributed by atoms with Gasteiger partial charge in [0.1, 0.15) is 5.56 Å². The number of aromatic nitrogens is 2. The Morgan fingerprint density at radius 1 is 1.45 bits per heavy atom. The van der Waals surface area contributed by atoms with E-state index >= 15 is 0 Å². The molecule has 1 aliphatic rings. The van der Waals surface area contributed by atoms with Gasteiger partial charge in [-0.1, -0.05) is 11.6 Å². The van der Waals surface area contributed by atoms with E-state index < -0.39 is 34.5 Å². The molecule has 158 valence electrons. The van der Waals surface area contributed by atoms with Crippen molar-refractivity contribution in [2.45, 2.75) is 24.7 Å². The third-order valence-electron chi connectivity index (χ3n) is 4.61. The molecule has 11 heteroatoms. The van der Waals surface area contributed by atoms with Crippen LogP contribution in [0.3, 0.4) is 0 Å². The van der Waals surface area contributed by atoms with Crippen molar-refractivity contribution >= 4 is 32.9 Å². The molecule has 1 saturated heterocycles. The molecular weight excluding hydrogens is 422 g/mol. The SMILES string of the molecule is [2H]C([2H])([2H])OC1CN(c2c(S(C)(=O)=O)ccc(C(=O)c3c[nH]n(CC)c3=O)c2Cl)CCO1. The maximum atomic E-state index is 13.1. The Morgan fingerprint density at radius 3 is 2.83 bits per heavy atom. The van der Waals surface area contributed by atoms with Gasteiger partial charge in [0.25, 0.3) is 5.56 Å². The molecule has 1 aliphatic heterocycles. The van der Waals surface area contributed by atoms with Crippen LogP contribution in [-0.4, -0.2) is 63.3 Å². The summed E-state index contributed by atoms with van der Waals surface area (Å²) in [6, 6.07) is 2.49. The lowest BCUT2D eigenvalue weighted by molar-refractivity contribution is -0.128. The largest absolute Gasteiger partial charge is 0.362 e. The fourth-order valence-corrected chi connectivity index (χ4v) is 4.48. The van der Waals surface area contributed by atoms with Crippen molar-refractivity contribution < 1.29 is 26.8 Å². The zero-order valence-electron chi connectivity index (χ0n) is 18.8. The van der Waals surface area contributed by atoms with Crippen LogP contribution in [0.2, 0.25) is 5.02 Å². The number of ether oxygens (including phenoxy) is 2. The van der Waals surface area contributed by atoms with E-state index in [1.54, 1.807) is 6.92 Å². The van der Waals surface area contributed by atoms with E-state index in [1.165, 1.54) is 27.9 Å². The van der Waals surface area contributed by atoms with Crippen LogP contribution in [0.5, 0.6) is 0 Å². The smallest absolute Gasteiger partial charge is 0.277 e. The fourth-order valence-electron chi connectivity index (χ4n) is 3.16. The zero-order valence-corrected chi connectivity index (χ0v) is 17.3. The summed E-state index contributed by atoms with van der Waals surface area (Å²) >= 11 is 6.53. The third-order valence-corrected chi connectivity index (χ3v) is 6.12. The molecule has 0 amide bonds. The number of anilines is 1. The van der Waals surface area contributed by atoms with Crippen molar-refractivity contribution in [3.05, 3.63) is 44.8 Å². The number of rotatable bonds is 6. The number of morpholine rings is 1. The highest BCUT2D eigenvalue weighted by molar-refractivity contribution is 7.90. The van der Waals surface area contributed by atoms with E-state index in [-0.39, 0.29) is 46.4 Å². The summed E-state index contributed by atoms with van der Waals surface area (Å²) in [5.74, 6) is -0.673. The van der Waals surface area contributed by atoms with Gasteiger partial charge in [-0.05, 0) is 19.1 Å². The first-order chi connectivity index (χ1) is 14.8. The number of hydrogen-bond acceptors (Lipinski definition) is 7. The van der Waals surface area contributed by atoms with Crippen molar-refractivity contribution in [1.29, 1.82) is 0 Å². The molecule has 0 bridgehead atoms. The van der Waals surface area contributed by atoms with Crippen molar-refractivity contribution in [1.82, 2.24) is 9.78 Å². The Kier molecular flexibility index (Phi) is 5.07. The maximum absolute atomic E-state index is 13.1. The van der Waals surface area contributed by atoms with Gasteiger partial charge in [-0.25, -0.2) is 8.42 Å². The average molecular weight is 447 g/mol. The highest BCUT2D eigenvalue weighted by Gasteiger charge is 2.30. The van der Waals surface area contributed by atoms with E-state index in [1.807, 2.05) is 0 Å². The molecule has 2 aromatic rings. The van der Waals surface area contributed by atoms with Crippen LogP contribution in [0.1, 0.15) is 27.0 Å². The molecule has 1 aromatic heterocycles. The summed E-state index contributed by atoms with van der Waals surface area (Å²) in [6.45, 7) is 2.14. The number of nitrogens with one attached hydrogen (secondary N) is 1. The van der Waals surface area contributed by atoms with Gasteiger partial charge in [0, 0.05) is 38.1 Å². The van der Waals surface area contributed by atoms with Crippen LogP contribution in [0, 0.1) is 0 Å². The summed E-state index contributed by atoms with van der Waals surface area (Å²) in [5, 5.41) is 2.51. The van der Waals surface area contributed by atoms with Gasteiger partial charge in [-0.15, -0.1) is 0 Å². The van der Waals surface area contributed by atoms with Gasteiger partial charge in [0.2, 0.25) is 5.78 Å². The number of benzene rings is 1. The first-order valence-corrected chi connectivity index (χ1v) is 11.0. The minimum Gasteiger partial charge on any atom is -0.362 e. The fraction of sp³-hybridized carbons (Fsp3) is 0.444. The number of aromatic amines is 1. The number of H-pyrrole nitrogens is 1. The van der Waals surface area contributed by atoms with Gasteiger partial charge >= 0.3 is 0 Å². The van der Waals surface area contributed by atoms with Crippen LogP contribution in [-0.2, 0) is 25.9 Å². The summed E-state index contributed by atoms with van der Waals surface area (Å²) in [7, 11) is -6.50. The number of carbonyl (C=O) groups is 1. The predicted molar refractivity (Wildman–Crippen MR) is 108 cm³/mol. The lowest BCUT2D eigenvalue weighted by Crippen LogP contribution is -2.44. The molecule has 1 N–H and O–H groups in total. The molecule has 1 atom stereocenters. The molecule has 1 aromatic carbocycles. The quantitative estimate of drug-likeness (QED) is 0.665. The molecule has 29 heavy (non-hydrogen) atoms. The molecule has 2 heterocycles. The third kappa shape index (κ3) is 4.11. The van der Waals surface area contributed by atoms with E-state index in [2.05, 4.69) is 5.10 Å². The minimum atomic E-state index is -3.78. The van der Waals surface area contributed by atoms with Crippen LogP contribution < -0.4 is 10.5 Å². The highest BCUT2D eigenvalue weighted by Crippen LogP contribution is 2.37. The van der Waals surface area contributed by atoms with Crippen LogP contribution in [0.15, 0.2) is 28.0 Å². The van der Waals surface area contributed by atoms with Crippen molar-refractivity contribution in [3.63, 3.8) is 0 Å². The van der Waals surface area contributed by atoms with E-state index in [0.29, 0.717) is 6.54 Å². The number of carbonyl (C=O) groups excluding carboxylic acids is 1. The average Bonchev–Trinajstić information content (AvgIpc) is 3.05. The van der Waals surface area contributed by atoms with Crippen molar-refractivity contribution in [2.75, 3.05) is 37.9 Å². The summed E-state index contributed by atoms with van der Waals surface area (Å²) < 4.78 is 58.1. The van der Waals surface area contributed by atoms with Gasteiger partial charge in [-0.3, -0.25) is 14.3 Å². The molecule has 0 radical (unpaired) electrons. The Balaban J connectivity index is 2.09. The van der Waals surface area contributed by atoms with Gasteiger partial charge in [0.05, 0.1) is 32.9 Å². The van der Waals surface area contributed by atoms with E-state index in [4.69, 9.17) is 25.2 Å². The first-order valence-electron chi connectivity index (χ1n) is 10.2. The Hall–Kier alpha value is -2.14.